The van der Waals surface area contributed by atoms with Gasteiger partial charge in [0.1, 0.15) is 0 Å². The van der Waals surface area contributed by atoms with Crippen LogP contribution in [0.5, 0.6) is 0 Å². The van der Waals surface area contributed by atoms with Crippen LogP contribution >= 0.6 is 11.6 Å². The molecule has 0 spiro atoms. The Morgan fingerprint density at radius 3 is 3.00 bits per heavy atom. The van der Waals surface area contributed by atoms with Gasteiger partial charge in [-0.3, -0.25) is 0 Å². The minimum atomic E-state index is -1.05. The second-order valence-electron chi connectivity index (χ2n) is 5.10. The van der Waals surface area contributed by atoms with Crippen LogP contribution in [-0.2, 0) is 12.0 Å². The number of aromatic nitrogens is 2. The van der Waals surface area contributed by atoms with Crippen LogP contribution in [0.15, 0.2) is 28.8 Å². The number of hydrogen-bond acceptors (Lipinski definition) is 5. The van der Waals surface area contributed by atoms with E-state index in [1.54, 1.807) is 0 Å². The summed E-state index contributed by atoms with van der Waals surface area (Å²) in [6, 6.07) is 7.55. The predicted octanol–water partition coefficient (Wildman–Crippen LogP) is 1.88. The third kappa shape index (κ3) is 2.70. The largest absolute Gasteiger partial charge is 0.379 e. The van der Waals surface area contributed by atoms with Gasteiger partial charge in [0.2, 0.25) is 0 Å². The van der Waals surface area contributed by atoms with Gasteiger partial charge in [-0.15, -0.1) is 0 Å². The van der Waals surface area contributed by atoms with Crippen molar-refractivity contribution in [1.29, 1.82) is 0 Å². The van der Waals surface area contributed by atoms with Crippen molar-refractivity contribution in [2.45, 2.75) is 24.9 Å². The summed E-state index contributed by atoms with van der Waals surface area (Å²) < 4.78 is 5.23. The summed E-state index contributed by atoms with van der Waals surface area (Å²) in [7, 11) is 0. The highest BCUT2D eigenvalue weighted by Gasteiger charge is 2.37. The van der Waals surface area contributed by atoms with Gasteiger partial charge in [0.15, 0.2) is 11.4 Å². The molecule has 1 aliphatic rings. The van der Waals surface area contributed by atoms with Crippen molar-refractivity contribution in [2.24, 2.45) is 0 Å². The van der Waals surface area contributed by atoms with Gasteiger partial charge in [0, 0.05) is 18.0 Å². The van der Waals surface area contributed by atoms with E-state index in [0.29, 0.717) is 30.2 Å². The highest BCUT2D eigenvalue weighted by molar-refractivity contribution is 6.31. The number of piperidine rings is 1. The summed E-state index contributed by atoms with van der Waals surface area (Å²) in [4.78, 5) is 4.32. The molecule has 0 saturated carbocycles. The second-order valence-corrected chi connectivity index (χ2v) is 5.50. The molecule has 3 rings (SSSR count). The van der Waals surface area contributed by atoms with Gasteiger partial charge in [-0.25, -0.2) is 0 Å². The third-order valence-electron chi connectivity index (χ3n) is 3.53. The van der Waals surface area contributed by atoms with E-state index in [9.17, 15) is 5.11 Å². The SMILES string of the molecule is OC1(c2nc(Cc3ccccc3Cl)no2)CCCNC1. The number of halogens is 1. The molecule has 2 aromatic rings. The minimum absolute atomic E-state index is 0.284. The molecule has 1 aromatic heterocycles. The van der Waals surface area contributed by atoms with E-state index in [4.69, 9.17) is 16.1 Å². The molecule has 2 heterocycles. The van der Waals surface area contributed by atoms with E-state index in [-0.39, 0.29) is 5.89 Å². The van der Waals surface area contributed by atoms with E-state index in [1.807, 2.05) is 24.3 Å². The highest BCUT2D eigenvalue weighted by Crippen LogP contribution is 2.27. The molecule has 0 amide bonds. The maximum absolute atomic E-state index is 10.5. The van der Waals surface area contributed by atoms with Crippen molar-refractivity contribution in [3.05, 3.63) is 46.6 Å². The minimum Gasteiger partial charge on any atom is -0.379 e. The van der Waals surface area contributed by atoms with Gasteiger partial charge in [0.05, 0.1) is 0 Å². The molecule has 1 atom stereocenters. The lowest BCUT2D eigenvalue weighted by atomic mass is 9.94. The van der Waals surface area contributed by atoms with E-state index >= 15 is 0 Å². The molecular formula is C14H16ClN3O2. The van der Waals surface area contributed by atoms with Gasteiger partial charge in [0.25, 0.3) is 5.89 Å². The average Bonchev–Trinajstić information content (AvgIpc) is 2.92. The molecule has 5 nitrogen and oxygen atoms in total. The number of nitrogens with one attached hydrogen (secondary N) is 1. The van der Waals surface area contributed by atoms with Crippen LogP contribution in [0.2, 0.25) is 5.02 Å². The number of β-amino-alcohol motifs (C(OH)–C–C–N with tert-alkyl or cyclic N) is 1. The molecule has 1 fully saturated rings. The van der Waals surface area contributed by atoms with E-state index < -0.39 is 5.60 Å². The molecule has 0 aliphatic carbocycles. The van der Waals surface area contributed by atoms with Crippen molar-refractivity contribution >= 4 is 11.6 Å². The number of benzene rings is 1. The summed E-state index contributed by atoms with van der Waals surface area (Å²) in [6.45, 7) is 1.35. The van der Waals surface area contributed by atoms with Crippen molar-refractivity contribution in [2.75, 3.05) is 13.1 Å². The van der Waals surface area contributed by atoms with Gasteiger partial charge < -0.3 is 14.9 Å². The Hall–Kier alpha value is -1.43. The Balaban J connectivity index is 1.78. The van der Waals surface area contributed by atoms with Gasteiger partial charge in [-0.2, -0.15) is 4.98 Å². The first-order valence-electron chi connectivity index (χ1n) is 6.67. The molecule has 106 valence electrons. The molecule has 20 heavy (non-hydrogen) atoms. The fraction of sp³-hybridized carbons (Fsp3) is 0.429. The van der Waals surface area contributed by atoms with Crippen molar-refractivity contribution in [1.82, 2.24) is 15.5 Å². The van der Waals surface area contributed by atoms with Crippen molar-refractivity contribution in [3.8, 4) is 0 Å². The summed E-state index contributed by atoms with van der Waals surface area (Å²) >= 11 is 6.11. The monoisotopic (exact) mass is 293 g/mol. The summed E-state index contributed by atoms with van der Waals surface area (Å²) in [5, 5.41) is 18.3. The fourth-order valence-corrected chi connectivity index (χ4v) is 2.60. The van der Waals surface area contributed by atoms with Crippen molar-refractivity contribution < 1.29 is 9.63 Å². The van der Waals surface area contributed by atoms with E-state index in [0.717, 1.165) is 18.5 Å². The Morgan fingerprint density at radius 1 is 1.40 bits per heavy atom. The maximum atomic E-state index is 10.5. The van der Waals surface area contributed by atoms with E-state index in [2.05, 4.69) is 15.5 Å². The maximum Gasteiger partial charge on any atom is 0.259 e. The molecule has 2 N–H and O–H groups in total. The van der Waals surface area contributed by atoms with Crippen LogP contribution in [0.4, 0.5) is 0 Å². The quantitative estimate of drug-likeness (QED) is 0.904. The standard InChI is InChI=1S/C14H16ClN3O2/c15-11-5-2-1-4-10(11)8-12-17-13(20-18-12)14(19)6-3-7-16-9-14/h1-2,4-5,16,19H,3,6-9H2. The zero-order valence-corrected chi connectivity index (χ0v) is 11.7. The molecule has 1 unspecified atom stereocenters. The van der Waals surface area contributed by atoms with Gasteiger partial charge >= 0.3 is 0 Å². The summed E-state index contributed by atoms with van der Waals surface area (Å²) in [6.07, 6.45) is 2.01. The highest BCUT2D eigenvalue weighted by atomic mass is 35.5. The first kappa shape index (κ1) is 13.5. The van der Waals surface area contributed by atoms with Crippen LogP contribution in [0.25, 0.3) is 0 Å². The molecular weight excluding hydrogens is 278 g/mol. The first-order valence-corrected chi connectivity index (χ1v) is 7.05. The zero-order chi connectivity index (χ0) is 14.0. The lowest BCUT2D eigenvalue weighted by molar-refractivity contribution is -0.0167. The molecule has 1 aliphatic heterocycles. The van der Waals surface area contributed by atoms with E-state index in [1.165, 1.54) is 0 Å². The molecule has 1 saturated heterocycles. The Kier molecular flexibility index (Phi) is 3.74. The number of nitrogens with zero attached hydrogens (tertiary/aromatic N) is 2. The van der Waals surface area contributed by atoms with Crippen LogP contribution in [0, 0.1) is 0 Å². The van der Waals surface area contributed by atoms with Crippen LogP contribution in [-0.4, -0.2) is 28.3 Å². The Morgan fingerprint density at radius 2 is 2.25 bits per heavy atom. The zero-order valence-electron chi connectivity index (χ0n) is 11.0. The Bertz CT molecular complexity index is 594. The van der Waals surface area contributed by atoms with Gasteiger partial charge in [-0.05, 0) is 31.0 Å². The topological polar surface area (TPSA) is 71.2 Å². The number of rotatable bonds is 3. The fourth-order valence-electron chi connectivity index (χ4n) is 2.40. The lowest BCUT2D eigenvalue weighted by Crippen LogP contribution is -2.43. The second kappa shape index (κ2) is 5.52. The number of hydrogen-bond donors (Lipinski definition) is 2. The van der Waals surface area contributed by atoms with Gasteiger partial charge in [-0.1, -0.05) is 35.0 Å². The van der Waals surface area contributed by atoms with Crippen LogP contribution in [0.1, 0.15) is 30.1 Å². The van der Waals surface area contributed by atoms with Crippen LogP contribution in [0.3, 0.4) is 0 Å². The molecule has 6 heteroatoms. The summed E-state index contributed by atoms with van der Waals surface area (Å²) in [5.74, 6) is 0.818. The molecule has 1 aromatic carbocycles. The Labute approximate surface area is 122 Å². The van der Waals surface area contributed by atoms with Crippen molar-refractivity contribution in [3.63, 3.8) is 0 Å². The normalized spacial score (nSPS) is 22.9. The third-order valence-corrected chi connectivity index (χ3v) is 3.90. The first-order chi connectivity index (χ1) is 9.67. The number of aliphatic hydroxyl groups is 1. The smallest absolute Gasteiger partial charge is 0.259 e. The van der Waals surface area contributed by atoms with Crippen LogP contribution < -0.4 is 5.32 Å². The predicted molar refractivity (Wildman–Crippen MR) is 74.6 cm³/mol. The molecule has 0 bridgehead atoms. The summed E-state index contributed by atoms with van der Waals surface area (Å²) in [5.41, 5.74) is -0.112. The lowest BCUT2D eigenvalue weighted by Gasteiger charge is -2.28. The average molecular weight is 294 g/mol. The molecule has 0 radical (unpaired) electrons.